The van der Waals surface area contributed by atoms with E-state index in [1.165, 1.54) is 37.2 Å². The monoisotopic (exact) mass is 268 g/mol. The molecule has 0 aliphatic carbocycles. The number of anilines is 1. The van der Waals surface area contributed by atoms with Crippen LogP contribution >= 0.6 is 11.8 Å². The van der Waals surface area contributed by atoms with Crippen molar-refractivity contribution in [2.24, 2.45) is 5.92 Å². The molecule has 6 heteroatoms. The van der Waals surface area contributed by atoms with Gasteiger partial charge in [-0.05, 0) is 29.9 Å². The molecule has 1 atom stereocenters. The van der Waals surface area contributed by atoms with E-state index >= 15 is 0 Å². The molecule has 1 fully saturated rings. The third kappa shape index (κ3) is 3.07. The van der Waals surface area contributed by atoms with Gasteiger partial charge in [0.05, 0.1) is 23.8 Å². The van der Waals surface area contributed by atoms with Crippen molar-refractivity contribution in [3.8, 4) is 5.75 Å². The van der Waals surface area contributed by atoms with Crippen LogP contribution in [-0.2, 0) is 0 Å². The summed E-state index contributed by atoms with van der Waals surface area (Å²) in [5.74, 6) is 3.61. The van der Waals surface area contributed by atoms with Crippen LogP contribution in [0.4, 0.5) is 11.4 Å². The maximum Gasteiger partial charge on any atom is 0.273 e. The predicted octanol–water partition coefficient (Wildman–Crippen LogP) is 2.77. The Morgan fingerprint density at radius 3 is 3.06 bits per heavy atom. The third-order valence-electron chi connectivity index (χ3n) is 3.00. The van der Waals surface area contributed by atoms with Gasteiger partial charge in [-0.1, -0.05) is 0 Å². The van der Waals surface area contributed by atoms with Crippen LogP contribution in [0.5, 0.6) is 5.75 Å². The molecule has 0 bridgehead atoms. The van der Waals surface area contributed by atoms with E-state index in [0.717, 1.165) is 12.2 Å². The first-order valence-electron chi connectivity index (χ1n) is 5.84. The fraction of sp³-hybridized carbons (Fsp3) is 0.500. The number of non-ortho nitro benzene ring substituents is 1. The van der Waals surface area contributed by atoms with Gasteiger partial charge < -0.3 is 10.1 Å². The van der Waals surface area contributed by atoms with Gasteiger partial charge in [0.1, 0.15) is 5.75 Å². The van der Waals surface area contributed by atoms with Crippen LogP contribution in [0.2, 0.25) is 0 Å². The molecule has 18 heavy (non-hydrogen) atoms. The van der Waals surface area contributed by atoms with Crippen molar-refractivity contribution in [3.05, 3.63) is 28.3 Å². The number of hydrogen-bond acceptors (Lipinski definition) is 5. The van der Waals surface area contributed by atoms with Crippen molar-refractivity contribution in [2.75, 3.05) is 30.5 Å². The first-order chi connectivity index (χ1) is 8.70. The molecule has 0 amide bonds. The van der Waals surface area contributed by atoms with Crippen LogP contribution in [0, 0.1) is 16.0 Å². The molecule has 5 nitrogen and oxygen atoms in total. The first kappa shape index (κ1) is 13.0. The zero-order valence-corrected chi connectivity index (χ0v) is 11.0. The summed E-state index contributed by atoms with van der Waals surface area (Å²) >= 11 is 1.97. The van der Waals surface area contributed by atoms with Crippen molar-refractivity contribution in [3.63, 3.8) is 0 Å². The van der Waals surface area contributed by atoms with E-state index < -0.39 is 4.92 Å². The summed E-state index contributed by atoms with van der Waals surface area (Å²) in [7, 11) is 1.52. The fourth-order valence-corrected chi connectivity index (χ4v) is 3.22. The quantitative estimate of drug-likeness (QED) is 0.657. The molecule has 0 saturated carbocycles. The molecule has 0 aromatic heterocycles. The van der Waals surface area contributed by atoms with Crippen LogP contribution < -0.4 is 10.1 Å². The Hall–Kier alpha value is -1.43. The Labute approximate surface area is 110 Å². The highest BCUT2D eigenvalue weighted by atomic mass is 32.2. The summed E-state index contributed by atoms with van der Waals surface area (Å²) in [5.41, 5.74) is 0.869. The van der Waals surface area contributed by atoms with Gasteiger partial charge in [-0.15, -0.1) is 0 Å². The average Bonchev–Trinajstić information content (AvgIpc) is 2.89. The maximum absolute atomic E-state index is 10.7. The highest BCUT2D eigenvalue weighted by molar-refractivity contribution is 7.99. The number of methoxy groups -OCH3 is 1. The summed E-state index contributed by atoms with van der Waals surface area (Å²) in [6.07, 6.45) is 1.23. The van der Waals surface area contributed by atoms with Gasteiger partial charge in [-0.2, -0.15) is 11.8 Å². The highest BCUT2D eigenvalue weighted by Gasteiger charge is 2.16. The number of thioether (sulfide) groups is 1. The Morgan fingerprint density at radius 1 is 1.61 bits per heavy atom. The van der Waals surface area contributed by atoms with Crippen molar-refractivity contribution < 1.29 is 9.66 Å². The zero-order valence-electron chi connectivity index (χ0n) is 10.2. The standard InChI is InChI=1S/C12H16N2O3S/c1-17-12-6-10(14(15)16)2-3-11(12)13-7-9-4-5-18-8-9/h2-3,6,9,13H,4-5,7-8H2,1H3. The molecule has 1 aliphatic heterocycles. The molecule has 1 heterocycles. The van der Waals surface area contributed by atoms with E-state index in [9.17, 15) is 10.1 Å². The first-order valence-corrected chi connectivity index (χ1v) is 7.00. The van der Waals surface area contributed by atoms with Gasteiger partial charge in [-0.3, -0.25) is 10.1 Å². The van der Waals surface area contributed by atoms with Crippen LogP contribution in [0.25, 0.3) is 0 Å². The van der Waals surface area contributed by atoms with E-state index in [1.807, 2.05) is 11.8 Å². The fourth-order valence-electron chi connectivity index (χ4n) is 1.94. The summed E-state index contributed by atoms with van der Waals surface area (Å²) < 4.78 is 5.18. The molecule has 1 saturated heterocycles. The molecule has 0 spiro atoms. The SMILES string of the molecule is COc1cc([N+](=O)[O-])ccc1NCC1CCSC1. The zero-order chi connectivity index (χ0) is 13.0. The summed E-state index contributed by atoms with van der Waals surface area (Å²) in [4.78, 5) is 10.3. The van der Waals surface area contributed by atoms with Crippen LogP contribution in [0.3, 0.4) is 0 Å². The number of rotatable bonds is 5. The lowest BCUT2D eigenvalue weighted by Gasteiger charge is -2.13. The smallest absolute Gasteiger partial charge is 0.273 e. The molecule has 1 aliphatic rings. The summed E-state index contributed by atoms with van der Waals surface area (Å²) in [6.45, 7) is 0.890. The number of hydrogen-bond donors (Lipinski definition) is 1. The Morgan fingerprint density at radius 2 is 2.44 bits per heavy atom. The van der Waals surface area contributed by atoms with Gasteiger partial charge in [0.15, 0.2) is 0 Å². The minimum Gasteiger partial charge on any atom is -0.494 e. The van der Waals surface area contributed by atoms with Gasteiger partial charge in [-0.25, -0.2) is 0 Å². The van der Waals surface area contributed by atoms with Crippen LogP contribution in [0.15, 0.2) is 18.2 Å². The summed E-state index contributed by atoms with van der Waals surface area (Å²) in [5, 5.41) is 14.0. The number of nitrogens with one attached hydrogen (secondary N) is 1. The molecule has 98 valence electrons. The minimum absolute atomic E-state index is 0.0498. The van der Waals surface area contributed by atoms with Crippen LogP contribution in [-0.4, -0.2) is 30.1 Å². The number of ether oxygens (including phenoxy) is 1. The van der Waals surface area contributed by atoms with Crippen molar-refractivity contribution in [1.29, 1.82) is 0 Å². The van der Waals surface area contributed by atoms with E-state index in [1.54, 1.807) is 6.07 Å². The molecule has 1 aromatic rings. The number of nitro groups is 1. The van der Waals surface area contributed by atoms with Gasteiger partial charge >= 0.3 is 0 Å². The average molecular weight is 268 g/mol. The lowest BCUT2D eigenvalue weighted by molar-refractivity contribution is -0.384. The Bertz CT molecular complexity index is 433. The predicted molar refractivity (Wildman–Crippen MR) is 73.6 cm³/mol. The second kappa shape index (κ2) is 5.95. The van der Waals surface area contributed by atoms with E-state index in [2.05, 4.69) is 5.32 Å². The van der Waals surface area contributed by atoms with E-state index in [-0.39, 0.29) is 5.69 Å². The molecule has 1 N–H and O–H groups in total. The molecular formula is C12H16N2O3S. The molecular weight excluding hydrogens is 252 g/mol. The number of nitrogens with zero attached hydrogens (tertiary/aromatic N) is 1. The third-order valence-corrected chi connectivity index (χ3v) is 4.23. The highest BCUT2D eigenvalue weighted by Crippen LogP contribution is 2.30. The molecule has 1 aromatic carbocycles. The molecule has 2 rings (SSSR count). The second-order valence-electron chi connectivity index (χ2n) is 4.25. The normalized spacial score (nSPS) is 18.6. The van der Waals surface area contributed by atoms with Gasteiger partial charge in [0.2, 0.25) is 0 Å². The lowest BCUT2D eigenvalue weighted by Crippen LogP contribution is -2.13. The van der Waals surface area contributed by atoms with Gasteiger partial charge in [0.25, 0.3) is 5.69 Å². The number of nitro benzene ring substituents is 1. The van der Waals surface area contributed by atoms with E-state index in [0.29, 0.717) is 11.7 Å². The van der Waals surface area contributed by atoms with E-state index in [4.69, 9.17) is 4.74 Å². The lowest BCUT2D eigenvalue weighted by atomic mass is 10.1. The maximum atomic E-state index is 10.7. The van der Waals surface area contributed by atoms with Crippen LogP contribution in [0.1, 0.15) is 6.42 Å². The van der Waals surface area contributed by atoms with Crippen molar-refractivity contribution in [1.82, 2.24) is 0 Å². The Balaban J connectivity index is 2.04. The molecule has 1 unspecified atom stereocenters. The second-order valence-corrected chi connectivity index (χ2v) is 5.40. The van der Waals surface area contributed by atoms with Gasteiger partial charge in [0, 0.05) is 12.6 Å². The summed E-state index contributed by atoms with van der Waals surface area (Å²) in [6, 6.07) is 4.65. The largest absolute Gasteiger partial charge is 0.494 e. The van der Waals surface area contributed by atoms with Crippen molar-refractivity contribution in [2.45, 2.75) is 6.42 Å². The van der Waals surface area contributed by atoms with Crippen molar-refractivity contribution >= 4 is 23.1 Å². The topological polar surface area (TPSA) is 64.4 Å². The molecule has 0 radical (unpaired) electrons. The minimum atomic E-state index is -0.417. The Kier molecular flexibility index (Phi) is 4.30. The number of benzene rings is 1.